The van der Waals surface area contributed by atoms with E-state index in [1.165, 1.54) is 0 Å². The van der Waals surface area contributed by atoms with Crippen molar-refractivity contribution in [3.8, 4) is 6.07 Å². The zero-order valence-electron chi connectivity index (χ0n) is 9.37. The first-order chi connectivity index (χ1) is 8.58. The van der Waals surface area contributed by atoms with Crippen molar-refractivity contribution in [2.75, 3.05) is 11.5 Å². The van der Waals surface area contributed by atoms with E-state index in [-0.39, 0.29) is 5.91 Å². The molecule has 1 saturated heterocycles. The fourth-order valence-corrected chi connectivity index (χ4v) is 3.59. The van der Waals surface area contributed by atoms with E-state index >= 15 is 0 Å². The van der Waals surface area contributed by atoms with Crippen molar-refractivity contribution in [1.29, 1.82) is 5.26 Å². The summed E-state index contributed by atoms with van der Waals surface area (Å²) >= 11 is 11.0. The maximum absolute atomic E-state index is 12.2. The average molecular weight is 346 g/mol. The number of hydrogen-bond donors (Lipinski definition) is 1. The molecule has 1 aliphatic heterocycles. The molecule has 1 aromatic carbocycles. The normalized spacial score (nSPS) is 22.5. The Balaban J connectivity index is 2.22. The van der Waals surface area contributed by atoms with E-state index in [0.29, 0.717) is 27.2 Å². The van der Waals surface area contributed by atoms with Gasteiger partial charge in [0.05, 0.1) is 16.7 Å². The van der Waals surface area contributed by atoms with Crippen LogP contribution in [0.3, 0.4) is 0 Å². The summed E-state index contributed by atoms with van der Waals surface area (Å²) in [5.74, 6) is 1.21. The Bertz CT molecular complexity index is 523. The van der Waals surface area contributed by atoms with Crippen LogP contribution in [0.15, 0.2) is 22.7 Å². The number of rotatable bonds is 2. The molecular formula is C12H10BrClN2OS. The summed E-state index contributed by atoms with van der Waals surface area (Å²) in [5, 5.41) is 12.4. The quantitative estimate of drug-likeness (QED) is 0.895. The first kappa shape index (κ1) is 13.7. The lowest BCUT2D eigenvalue weighted by atomic mass is 10.0. The Labute approximate surface area is 123 Å². The molecule has 2 rings (SSSR count). The number of halogens is 2. The van der Waals surface area contributed by atoms with Gasteiger partial charge >= 0.3 is 0 Å². The van der Waals surface area contributed by atoms with Crippen LogP contribution in [-0.4, -0.2) is 23.0 Å². The van der Waals surface area contributed by atoms with Crippen LogP contribution in [0.1, 0.15) is 16.8 Å². The highest BCUT2D eigenvalue weighted by atomic mass is 79.9. The van der Waals surface area contributed by atoms with Gasteiger partial charge in [-0.15, -0.1) is 0 Å². The summed E-state index contributed by atoms with van der Waals surface area (Å²) in [6.07, 6.45) is 0.672. The van der Waals surface area contributed by atoms with Crippen LogP contribution >= 0.6 is 39.3 Å². The van der Waals surface area contributed by atoms with Gasteiger partial charge in [0.2, 0.25) is 0 Å². The van der Waals surface area contributed by atoms with Crippen LogP contribution in [0.25, 0.3) is 0 Å². The van der Waals surface area contributed by atoms with Crippen molar-refractivity contribution < 1.29 is 4.79 Å². The van der Waals surface area contributed by atoms with Crippen LogP contribution in [0, 0.1) is 11.3 Å². The van der Waals surface area contributed by atoms with Crippen molar-refractivity contribution in [2.45, 2.75) is 12.0 Å². The van der Waals surface area contributed by atoms with Gasteiger partial charge in [0.15, 0.2) is 0 Å². The molecule has 1 atom stereocenters. The maximum atomic E-state index is 12.2. The second kappa shape index (κ2) is 5.52. The molecule has 1 N–H and O–H groups in total. The zero-order valence-corrected chi connectivity index (χ0v) is 12.5. The molecule has 0 saturated carbocycles. The Hall–Kier alpha value is -0.700. The summed E-state index contributed by atoms with van der Waals surface area (Å²) in [4.78, 5) is 12.2. The predicted molar refractivity (Wildman–Crippen MR) is 76.9 cm³/mol. The average Bonchev–Trinajstić information content (AvgIpc) is 2.81. The minimum atomic E-state index is -0.757. The van der Waals surface area contributed by atoms with Crippen LogP contribution in [0.4, 0.5) is 0 Å². The summed E-state index contributed by atoms with van der Waals surface area (Å²) in [7, 11) is 0. The summed E-state index contributed by atoms with van der Waals surface area (Å²) < 4.78 is 0.670. The Morgan fingerprint density at radius 2 is 2.39 bits per heavy atom. The molecular weight excluding hydrogens is 336 g/mol. The minimum absolute atomic E-state index is 0.301. The van der Waals surface area contributed by atoms with Crippen molar-refractivity contribution >= 4 is 45.2 Å². The van der Waals surface area contributed by atoms with Gasteiger partial charge in [-0.3, -0.25) is 4.79 Å². The third-order valence-electron chi connectivity index (χ3n) is 2.78. The first-order valence-electron chi connectivity index (χ1n) is 5.33. The molecule has 1 heterocycles. The molecule has 0 spiro atoms. The molecule has 0 unspecified atom stereocenters. The third kappa shape index (κ3) is 2.66. The van der Waals surface area contributed by atoms with Crippen LogP contribution in [-0.2, 0) is 0 Å². The molecule has 0 bridgehead atoms. The Kier molecular flexibility index (Phi) is 4.21. The van der Waals surface area contributed by atoms with Gasteiger partial charge in [-0.2, -0.15) is 17.0 Å². The minimum Gasteiger partial charge on any atom is -0.333 e. The molecule has 0 aliphatic carbocycles. The lowest BCUT2D eigenvalue weighted by Crippen LogP contribution is -2.47. The number of nitrogens with one attached hydrogen (secondary N) is 1. The first-order valence-corrected chi connectivity index (χ1v) is 7.66. The van der Waals surface area contributed by atoms with Crippen molar-refractivity contribution in [3.63, 3.8) is 0 Å². The van der Waals surface area contributed by atoms with Crippen molar-refractivity contribution in [3.05, 3.63) is 33.3 Å². The van der Waals surface area contributed by atoms with E-state index in [0.717, 1.165) is 5.75 Å². The number of carbonyl (C=O) groups excluding carboxylic acids is 1. The number of amides is 1. The van der Waals surface area contributed by atoms with Crippen LogP contribution in [0.5, 0.6) is 0 Å². The van der Waals surface area contributed by atoms with Crippen molar-refractivity contribution in [1.82, 2.24) is 5.32 Å². The fraction of sp³-hybridized carbons (Fsp3) is 0.333. The van der Waals surface area contributed by atoms with E-state index < -0.39 is 5.54 Å². The molecule has 1 aliphatic rings. The SMILES string of the molecule is N#C[C@@]1(NC(=O)c2cccc(Br)c2Cl)CCSC1. The van der Waals surface area contributed by atoms with Crippen molar-refractivity contribution in [2.24, 2.45) is 0 Å². The summed E-state index contributed by atoms with van der Waals surface area (Å²) in [6.45, 7) is 0. The van der Waals surface area contributed by atoms with Gasteiger partial charge in [-0.1, -0.05) is 17.7 Å². The molecule has 1 amide bonds. The Morgan fingerprint density at radius 3 is 3.00 bits per heavy atom. The van der Waals surface area contributed by atoms with E-state index in [1.54, 1.807) is 30.0 Å². The highest BCUT2D eigenvalue weighted by molar-refractivity contribution is 9.10. The fourth-order valence-electron chi connectivity index (χ4n) is 1.74. The number of nitriles is 1. The predicted octanol–water partition coefficient (Wildman–Crippen LogP) is 3.23. The van der Waals surface area contributed by atoms with Gasteiger partial charge in [-0.05, 0) is 40.2 Å². The number of nitrogens with zero attached hydrogens (tertiary/aromatic N) is 1. The number of benzene rings is 1. The maximum Gasteiger partial charge on any atom is 0.254 e. The summed E-state index contributed by atoms with van der Waals surface area (Å²) in [6, 6.07) is 7.36. The summed E-state index contributed by atoms with van der Waals surface area (Å²) in [5.41, 5.74) is -0.370. The zero-order chi connectivity index (χ0) is 13.2. The largest absolute Gasteiger partial charge is 0.333 e. The molecule has 0 radical (unpaired) electrons. The molecule has 94 valence electrons. The molecule has 1 fully saturated rings. The second-order valence-electron chi connectivity index (χ2n) is 4.05. The molecule has 6 heteroatoms. The molecule has 18 heavy (non-hydrogen) atoms. The standard InChI is InChI=1S/C12H10BrClN2OS/c13-9-3-1-2-8(10(9)14)11(17)16-12(6-15)4-5-18-7-12/h1-3H,4-5,7H2,(H,16,17)/t12-/m0/s1. The van der Waals surface area contributed by atoms with Crippen LogP contribution < -0.4 is 5.32 Å². The monoisotopic (exact) mass is 344 g/mol. The Morgan fingerprint density at radius 1 is 1.61 bits per heavy atom. The van der Waals surface area contributed by atoms with Gasteiger partial charge < -0.3 is 5.32 Å². The molecule has 1 aromatic rings. The molecule has 0 aromatic heterocycles. The lowest BCUT2D eigenvalue weighted by molar-refractivity contribution is 0.0926. The third-order valence-corrected chi connectivity index (χ3v) is 5.27. The highest BCUT2D eigenvalue weighted by Crippen LogP contribution is 2.30. The highest BCUT2D eigenvalue weighted by Gasteiger charge is 2.36. The van der Waals surface area contributed by atoms with E-state index in [4.69, 9.17) is 11.6 Å². The topological polar surface area (TPSA) is 52.9 Å². The van der Waals surface area contributed by atoms with Crippen LogP contribution in [0.2, 0.25) is 5.02 Å². The van der Waals surface area contributed by atoms with Gasteiger partial charge in [0, 0.05) is 10.2 Å². The van der Waals surface area contributed by atoms with E-state index in [1.807, 2.05) is 0 Å². The number of thioether (sulfide) groups is 1. The van der Waals surface area contributed by atoms with E-state index in [9.17, 15) is 10.1 Å². The number of hydrogen-bond acceptors (Lipinski definition) is 3. The van der Waals surface area contributed by atoms with Gasteiger partial charge in [0.1, 0.15) is 5.54 Å². The van der Waals surface area contributed by atoms with E-state index in [2.05, 4.69) is 27.3 Å². The molecule has 3 nitrogen and oxygen atoms in total. The van der Waals surface area contributed by atoms with Gasteiger partial charge in [0.25, 0.3) is 5.91 Å². The second-order valence-corrected chi connectivity index (χ2v) is 6.39. The smallest absolute Gasteiger partial charge is 0.254 e. The number of carbonyl (C=O) groups is 1. The van der Waals surface area contributed by atoms with Gasteiger partial charge in [-0.25, -0.2) is 0 Å². The lowest BCUT2D eigenvalue weighted by Gasteiger charge is -2.21.